The maximum absolute atomic E-state index is 11.1. The molecule has 2 atom stereocenters. The Balaban J connectivity index is 1.64. The van der Waals surface area contributed by atoms with Crippen LogP contribution in [0.1, 0.15) is 28.9 Å². The Morgan fingerprint density at radius 2 is 1.90 bits per heavy atom. The van der Waals surface area contributed by atoms with Gasteiger partial charge in [-0.05, 0) is 42.8 Å². The number of rotatable bonds is 4. The van der Waals surface area contributed by atoms with Crippen LogP contribution in [0, 0.1) is 0 Å². The third-order valence-corrected chi connectivity index (χ3v) is 5.25. The summed E-state index contributed by atoms with van der Waals surface area (Å²) in [7, 11) is 0. The summed E-state index contributed by atoms with van der Waals surface area (Å²) in [6.45, 7) is 3.02. The highest BCUT2D eigenvalue weighted by molar-refractivity contribution is 5.87. The van der Waals surface area contributed by atoms with Gasteiger partial charge in [-0.2, -0.15) is 0 Å². The molecule has 8 nitrogen and oxygen atoms in total. The number of nitrogens with two attached hydrogens (primary N) is 1. The number of morpholine rings is 1. The first-order valence-electron chi connectivity index (χ1n) is 9.57. The number of benzene rings is 2. The van der Waals surface area contributed by atoms with Crippen molar-refractivity contribution in [3.8, 4) is 17.0 Å². The maximum Gasteiger partial charge on any atom is 0.335 e. The largest absolute Gasteiger partial charge is 0.507 e. The first kappa shape index (κ1) is 19.7. The van der Waals surface area contributed by atoms with Gasteiger partial charge in [-0.15, -0.1) is 10.2 Å². The van der Waals surface area contributed by atoms with Gasteiger partial charge in [0.2, 0.25) is 0 Å². The number of aromatic nitrogens is 2. The molecular formula is C22H22N4O4. The number of aromatic carboxylic acids is 1. The van der Waals surface area contributed by atoms with Crippen molar-refractivity contribution in [3.05, 3.63) is 65.7 Å². The van der Waals surface area contributed by atoms with Crippen molar-refractivity contribution in [2.75, 3.05) is 23.8 Å². The summed E-state index contributed by atoms with van der Waals surface area (Å²) in [6.07, 6.45) is -0.245. The SMILES string of the molecule is C[C@@H]1CO[C@H](c2ccc(C(=O)O)cc2)CN1c1cc(-c2ccccc2O)nnc1N. The van der Waals surface area contributed by atoms with Crippen LogP contribution in [0.3, 0.4) is 0 Å². The van der Waals surface area contributed by atoms with Crippen LogP contribution in [-0.4, -0.2) is 45.6 Å². The molecule has 1 fully saturated rings. The van der Waals surface area contributed by atoms with Gasteiger partial charge in [-0.25, -0.2) is 4.79 Å². The van der Waals surface area contributed by atoms with Crippen LogP contribution in [0.25, 0.3) is 11.3 Å². The number of carboxylic acids is 1. The molecule has 4 rings (SSSR count). The lowest BCUT2D eigenvalue weighted by atomic mass is 10.0. The zero-order valence-corrected chi connectivity index (χ0v) is 16.4. The maximum atomic E-state index is 11.1. The molecular weight excluding hydrogens is 384 g/mol. The number of aromatic hydroxyl groups is 1. The fourth-order valence-electron chi connectivity index (χ4n) is 3.58. The van der Waals surface area contributed by atoms with Crippen LogP contribution in [0.5, 0.6) is 5.75 Å². The third-order valence-electron chi connectivity index (χ3n) is 5.25. The van der Waals surface area contributed by atoms with Crippen molar-refractivity contribution >= 4 is 17.5 Å². The molecule has 0 radical (unpaired) electrons. The normalized spacial score (nSPS) is 18.9. The van der Waals surface area contributed by atoms with E-state index in [-0.39, 0.29) is 23.5 Å². The van der Waals surface area contributed by atoms with Gasteiger partial charge in [0.15, 0.2) is 5.82 Å². The first-order valence-corrected chi connectivity index (χ1v) is 9.57. The molecule has 0 bridgehead atoms. The number of phenols is 1. The molecule has 0 spiro atoms. The lowest BCUT2D eigenvalue weighted by Gasteiger charge is -2.40. The summed E-state index contributed by atoms with van der Waals surface area (Å²) < 4.78 is 6.00. The average Bonchev–Trinajstić information content (AvgIpc) is 2.75. The van der Waals surface area contributed by atoms with E-state index in [4.69, 9.17) is 15.6 Å². The molecule has 2 heterocycles. The van der Waals surface area contributed by atoms with Gasteiger partial charge < -0.3 is 25.6 Å². The second-order valence-electron chi connectivity index (χ2n) is 7.27. The number of carboxylic acid groups (broad SMARTS) is 1. The van der Waals surface area contributed by atoms with E-state index in [0.29, 0.717) is 35.9 Å². The minimum absolute atomic E-state index is 0.0447. The first-order chi connectivity index (χ1) is 14.4. The van der Waals surface area contributed by atoms with E-state index in [0.717, 1.165) is 5.56 Å². The molecule has 30 heavy (non-hydrogen) atoms. The Labute approximate surface area is 173 Å². The second-order valence-corrected chi connectivity index (χ2v) is 7.27. The number of phenolic OH excluding ortho intramolecular Hbond substituents is 1. The molecule has 1 aliphatic rings. The Bertz CT molecular complexity index is 1070. The molecule has 2 aromatic carbocycles. The van der Waals surface area contributed by atoms with E-state index in [1.165, 1.54) is 0 Å². The summed E-state index contributed by atoms with van der Waals surface area (Å²) in [5, 5.41) is 27.5. The molecule has 1 saturated heterocycles. The number of hydrogen-bond acceptors (Lipinski definition) is 7. The van der Waals surface area contributed by atoms with Crippen LogP contribution in [0.2, 0.25) is 0 Å². The minimum atomic E-state index is -0.964. The summed E-state index contributed by atoms with van der Waals surface area (Å²) in [6, 6.07) is 15.5. The average molecular weight is 406 g/mol. The highest BCUT2D eigenvalue weighted by atomic mass is 16.5. The van der Waals surface area contributed by atoms with Crippen molar-refractivity contribution < 1.29 is 19.7 Å². The third kappa shape index (κ3) is 3.77. The Hall–Kier alpha value is -3.65. The molecule has 1 aliphatic heterocycles. The van der Waals surface area contributed by atoms with Gasteiger partial charge in [0.1, 0.15) is 11.9 Å². The smallest absolute Gasteiger partial charge is 0.335 e. The van der Waals surface area contributed by atoms with Crippen molar-refractivity contribution in [3.63, 3.8) is 0 Å². The van der Waals surface area contributed by atoms with Gasteiger partial charge >= 0.3 is 5.97 Å². The topological polar surface area (TPSA) is 122 Å². The van der Waals surface area contributed by atoms with Gasteiger partial charge in [0.25, 0.3) is 0 Å². The van der Waals surface area contributed by atoms with E-state index in [1.807, 2.05) is 19.1 Å². The van der Waals surface area contributed by atoms with Gasteiger partial charge in [0, 0.05) is 18.2 Å². The molecule has 0 saturated carbocycles. The fraction of sp³-hybridized carbons (Fsp3) is 0.227. The molecule has 1 aromatic heterocycles. The predicted octanol–water partition coefficient (Wildman–Crippen LogP) is 3.10. The number of para-hydroxylation sites is 1. The predicted molar refractivity (Wildman–Crippen MR) is 112 cm³/mol. The second kappa shape index (κ2) is 8.00. The highest BCUT2D eigenvalue weighted by Gasteiger charge is 2.29. The lowest BCUT2D eigenvalue weighted by molar-refractivity contribution is 0.0215. The fourth-order valence-corrected chi connectivity index (χ4v) is 3.58. The molecule has 3 aromatic rings. The number of hydrogen-bond donors (Lipinski definition) is 3. The van der Waals surface area contributed by atoms with Crippen molar-refractivity contribution in [1.82, 2.24) is 10.2 Å². The van der Waals surface area contributed by atoms with Crippen molar-refractivity contribution in [1.29, 1.82) is 0 Å². The van der Waals surface area contributed by atoms with E-state index >= 15 is 0 Å². The zero-order chi connectivity index (χ0) is 21.3. The van der Waals surface area contributed by atoms with Gasteiger partial charge in [0.05, 0.1) is 23.6 Å². The van der Waals surface area contributed by atoms with Gasteiger partial charge in [-0.3, -0.25) is 0 Å². The lowest BCUT2D eigenvalue weighted by Crippen LogP contribution is -2.45. The Morgan fingerprint density at radius 1 is 1.17 bits per heavy atom. The van der Waals surface area contributed by atoms with Crippen molar-refractivity contribution in [2.24, 2.45) is 0 Å². The minimum Gasteiger partial charge on any atom is -0.507 e. The Kier molecular flexibility index (Phi) is 5.24. The highest BCUT2D eigenvalue weighted by Crippen LogP contribution is 2.35. The van der Waals surface area contributed by atoms with E-state index in [2.05, 4.69) is 15.1 Å². The number of anilines is 2. The summed E-state index contributed by atoms with van der Waals surface area (Å²) in [5.41, 5.74) is 9.09. The number of carbonyl (C=O) groups is 1. The molecule has 4 N–H and O–H groups in total. The van der Waals surface area contributed by atoms with Crippen LogP contribution < -0.4 is 10.6 Å². The van der Waals surface area contributed by atoms with Crippen LogP contribution >= 0.6 is 0 Å². The van der Waals surface area contributed by atoms with Crippen molar-refractivity contribution in [2.45, 2.75) is 19.1 Å². The van der Waals surface area contributed by atoms with Crippen LogP contribution in [0.4, 0.5) is 11.5 Å². The molecule has 0 amide bonds. The van der Waals surface area contributed by atoms with Crippen LogP contribution in [0.15, 0.2) is 54.6 Å². The number of nitrogens with zero attached hydrogens (tertiary/aromatic N) is 3. The molecule has 0 unspecified atom stereocenters. The molecule has 8 heteroatoms. The molecule has 154 valence electrons. The summed E-state index contributed by atoms with van der Waals surface area (Å²) in [5.74, 6) is -0.550. The van der Waals surface area contributed by atoms with Crippen LogP contribution in [-0.2, 0) is 4.74 Å². The monoisotopic (exact) mass is 406 g/mol. The zero-order valence-electron chi connectivity index (χ0n) is 16.4. The van der Waals surface area contributed by atoms with Gasteiger partial charge in [-0.1, -0.05) is 24.3 Å². The standard InChI is InChI=1S/C22H22N4O4/c1-13-12-30-20(14-6-8-15(9-7-14)22(28)29)11-26(13)18-10-17(24-25-21(18)23)16-4-2-3-5-19(16)27/h2-10,13,20,27H,11-12H2,1H3,(H2,23,25)(H,28,29)/t13-,20+/m1/s1. The summed E-state index contributed by atoms with van der Waals surface area (Å²) in [4.78, 5) is 13.2. The number of ether oxygens (including phenoxy) is 1. The van der Waals surface area contributed by atoms with E-state index in [1.54, 1.807) is 42.5 Å². The quantitative estimate of drug-likeness (QED) is 0.604. The van der Waals surface area contributed by atoms with E-state index < -0.39 is 5.97 Å². The Morgan fingerprint density at radius 3 is 2.60 bits per heavy atom. The van der Waals surface area contributed by atoms with E-state index in [9.17, 15) is 9.90 Å². The summed E-state index contributed by atoms with van der Waals surface area (Å²) >= 11 is 0. The number of nitrogen functional groups attached to an aromatic ring is 1. The molecule has 0 aliphatic carbocycles.